The molecule has 0 aliphatic rings. The Morgan fingerprint density at radius 3 is 1.88 bits per heavy atom. The number of nitrogens with zero attached hydrogens (tertiary/aromatic N) is 3. The molecule has 17 heavy (non-hydrogen) atoms. The van der Waals surface area contributed by atoms with Crippen molar-refractivity contribution in [2.75, 3.05) is 12.3 Å². The van der Waals surface area contributed by atoms with Gasteiger partial charge < -0.3 is 5.32 Å². The summed E-state index contributed by atoms with van der Waals surface area (Å²) in [7, 11) is 0. The maximum atomic E-state index is 10.9. The summed E-state index contributed by atoms with van der Waals surface area (Å²) in [6, 6.07) is 0. The highest BCUT2D eigenvalue weighted by molar-refractivity contribution is 8.13. The predicted octanol–water partition coefficient (Wildman–Crippen LogP) is -0.0670. The molecular weight excluding hydrogens is 260 g/mol. The molecule has 0 aromatic heterocycles. The predicted molar refractivity (Wildman–Crippen MR) is 55.2 cm³/mol. The van der Waals surface area contributed by atoms with Crippen LogP contribution in [0.4, 0.5) is 4.79 Å². The Labute approximate surface area is 98.0 Å². The van der Waals surface area contributed by atoms with Crippen molar-refractivity contribution in [3.8, 4) is 0 Å². The van der Waals surface area contributed by atoms with E-state index in [-0.39, 0.29) is 0 Å². The molecule has 0 fully saturated rings. The van der Waals surface area contributed by atoms with Crippen molar-refractivity contribution >= 4 is 17.0 Å². The zero-order valence-corrected chi connectivity index (χ0v) is 9.34. The standard InChI is InChI=1S/C5H8N4O7S/c1-2-17-4(10)6-3-5(7(11)12,8(13)14)9(15)16/h2-3H2,1H3,(H,6,10). The zero-order chi connectivity index (χ0) is 13.6. The van der Waals surface area contributed by atoms with E-state index >= 15 is 0 Å². The molecule has 0 radical (unpaired) electrons. The first-order valence-corrected chi connectivity index (χ1v) is 5.11. The second-order valence-electron chi connectivity index (χ2n) is 2.62. The first kappa shape index (κ1) is 15.0. The van der Waals surface area contributed by atoms with E-state index in [1.165, 1.54) is 0 Å². The Morgan fingerprint density at radius 1 is 1.18 bits per heavy atom. The van der Waals surface area contributed by atoms with Crippen LogP contribution in [0.1, 0.15) is 6.92 Å². The monoisotopic (exact) mass is 268 g/mol. The topological polar surface area (TPSA) is 159 Å². The lowest BCUT2D eigenvalue weighted by atomic mass is 10.4. The van der Waals surface area contributed by atoms with Crippen molar-refractivity contribution in [1.82, 2.24) is 5.32 Å². The van der Waals surface area contributed by atoms with Crippen LogP contribution in [0.2, 0.25) is 0 Å². The molecule has 0 saturated carbocycles. The van der Waals surface area contributed by atoms with Gasteiger partial charge in [0.1, 0.15) is 0 Å². The maximum Gasteiger partial charge on any atom is 0.717 e. The Morgan fingerprint density at radius 2 is 1.59 bits per heavy atom. The summed E-state index contributed by atoms with van der Waals surface area (Å²) in [5, 5.41) is 32.3. The van der Waals surface area contributed by atoms with Crippen molar-refractivity contribution in [3.63, 3.8) is 0 Å². The molecule has 0 aliphatic heterocycles. The molecule has 0 bridgehead atoms. The van der Waals surface area contributed by atoms with Crippen molar-refractivity contribution in [3.05, 3.63) is 30.3 Å². The molecule has 1 amide bonds. The molecule has 0 rings (SSSR count). The van der Waals surface area contributed by atoms with Crippen molar-refractivity contribution < 1.29 is 19.6 Å². The number of carbonyl (C=O) groups is 1. The average molecular weight is 268 g/mol. The number of amides is 1. The molecule has 0 spiro atoms. The fraction of sp³-hybridized carbons (Fsp3) is 0.800. The summed E-state index contributed by atoms with van der Waals surface area (Å²) in [6.45, 7) is 0.290. The highest BCUT2D eigenvalue weighted by atomic mass is 32.2. The Hall–Kier alpha value is -1.98. The lowest BCUT2D eigenvalue weighted by Gasteiger charge is -2.09. The van der Waals surface area contributed by atoms with Gasteiger partial charge in [0.15, 0.2) is 14.8 Å². The second-order valence-corrected chi connectivity index (χ2v) is 3.86. The van der Waals surface area contributed by atoms with E-state index in [4.69, 9.17) is 0 Å². The molecule has 0 aromatic rings. The summed E-state index contributed by atoms with van der Waals surface area (Å²) in [4.78, 5) is 37.3. The van der Waals surface area contributed by atoms with Crippen molar-refractivity contribution in [2.45, 2.75) is 12.7 Å². The number of nitro groups is 3. The van der Waals surface area contributed by atoms with E-state index in [1.807, 2.05) is 0 Å². The number of hydrogen-bond acceptors (Lipinski definition) is 8. The van der Waals surface area contributed by atoms with E-state index in [1.54, 1.807) is 12.2 Å². The third-order valence-electron chi connectivity index (χ3n) is 1.62. The molecule has 0 heterocycles. The van der Waals surface area contributed by atoms with Crippen LogP contribution in [0.15, 0.2) is 0 Å². The second kappa shape index (κ2) is 5.93. The van der Waals surface area contributed by atoms with Gasteiger partial charge in [0.25, 0.3) is 5.24 Å². The molecule has 0 unspecified atom stereocenters. The SMILES string of the molecule is CCSC(=O)NCC([N+](=O)[O-])([N+](=O)[O-])[N+](=O)[O-]. The Kier molecular flexibility index (Phi) is 5.24. The van der Waals surface area contributed by atoms with E-state index in [9.17, 15) is 35.1 Å². The zero-order valence-electron chi connectivity index (χ0n) is 8.52. The fourth-order valence-corrected chi connectivity index (χ4v) is 1.20. The number of carbonyl (C=O) groups excluding carboxylic acids is 1. The molecule has 12 heteroatoms. The first-order chi connectivity index (χ1) is 7.78. The van der Waals surface area contributed by atoms with Gasteiger partial charge in [-0.2, -0.15) is 0 Å². The summed E-state index contributed by atoms with van der Waals surface area (Å²) >= 11 is 0.689. The molecule has 96 valence electrons. The molecule has 0 saturated heterocycles. The number of thioether (sulfide) groups is 1. The lowest BCUT2D eigenvalue weighted by molar-refractivity contribution is -0.966. The summed E-state index contributed by atoms with van der Waals surface area (Å²) in [6.07, 6.45) is 0. The fourth-order valence-electron chi connectivity index (χ4n) is 0.767. The highest BCUT2D eigenvalue weighted by Crippen LogP contribution is 2.12. The number of nitrogens with one attached hydrogen (secondary N) is 1. The molecule has 0 aliphatic carbocycles. The van der Waals surface area contributed by atoms with Crippen LogP contribution >= 0.6 is 11.8 Å². The minimum atomic E-state index is -3.65. The average Bonchev–Trinajstić information content (AvgIpc) is 2.17. The smallest absolute Gasteiger partial charge is 0.326 e. The van der Waals surface area contributed by atoms with Gasteiger partial charge in [-0.15, -0.1) is 0 Å². The molecule has 1 N–H and O–H groups in total. The molecular formula is C5H8N4O7S. The van der Waals surface area contributed by atoms with Gasteiger partial charge in [0.2, 0.25) is 6.54 Å². The molecule has 0 aromatic carbocycles. The van der Waals surface area contributed by atoms with Gasteiger partial charge in [-0.25, -0.2) is 0 Å². The minimum absolute atomic E-state index is 0.328. The van der Waals surface area contributed by atoms with Gasteiger partial charge >= 0.3 is 5.79 Å². The van der Waals surface area contributed by atoms with Crippen LogP contribution in [0.25, 0.3) is 0 Å². The van der Waals surface area contributed by atoms with Gasteiger partial charge in [-0.3, -0.25) is 35.1 Å². The summed E-state index contributed by atoms with van der Waals surface area (Å²) < 4.78 is 0. The van der Waals surface area contributed by atoms with Crippen LogP contribution in [-0.2, 0) is 0 Å². The van der Waals surface area contributed by atoms with E-state index < -0.39 is 32.3 Å². The van der Waals surface area contributed by atoms with Crippen LogP contribution in [0.5, 0.6) is 0 Å². The van der Waals surface area contributed by atoms with Crippen molar-refractivity contribution in [1.29, 1.82) is 0 Å². The van der Waals surface area contributed by atoms with Crippen LogP contribution < -0.4 is 5.32 Å². The van der Waals surface area contributed by atoms with Crippen LogP contribution in [0.3, 0.4) is 0 Å². The van der Waals surface area contributed by atoms with Gasteiger partial charge in [0.05, 0.1) is 0 Å². The van der Waals surface area contributed by atoms with E-state index in [0.29, 0.717) is 17.5 Å². The summed E-state index contributed by atoms with van der Waals surface area (Å²) in [5.74, 6) is -3.32. The normalized spacial score (nSPS) is 10.6. The van der Waals surface area contributed by atoms with Crippen molar-refractivity contribution in [2.24, 2.45) is 0 Å². The highest BCUT2D eigenvalue weighted by Gasteiger charge is 2.70. The van der Waals surface area contributed by atoms with E-state index in [2.05, 4.69) is 0 Å². The Balaban J connectivity index is 4.95. The largest absolute Gasteiger partial charge is 0.717 e. The third kappa shape index (κ3) is 3.24. The lowest BCUT2D eigenvalue weighted by Crippen LogP contribution is -2.59. The molecule has 11 nitrogen and oxygen atoms in total. The first-order valence-electron chi connectivity index (χ1n) is 4.13. The van der Waals surface area contributed by atoms with Crippen LogP contribution in [0, 0.1) is 30.3 Å². The Bertz CT molecular complexity index is 322. The summed E-state index contributed by atoms with van der Waals surface area (Å²) in [5.41, 5.74) is 0. The quantitative estimate of drug-likeness (QED) is 0.398. The minimum Gasteiger partial charge on any atom is -0.326 e. The number of rotatable bonds is 6. The third-order valence-corrected chi connectivity index (χ3v) is 2.32. The maximum absolute atomic E-state index is 10.9. The van der Waals surface area contributed by atoms with Gasteiger partial charge in [-0.1, -0.05) is 18.7 Å². The van der Waals surface area contributed by atoms with Gasteiger partial charge in [-0.05, 0) is 5.75 Å². The number of hydrogen-bond donors (Lipinski definition) is 1. The van der Waals surface area contributed by atoms with E-state index in [0.717, 1.165) is 0 Å². The van der Waals surface area contributed by atoms with Gasteiger partial charge in [0, 0.05) is 0 Å². The molecule has 0 atom stereocenters. The van der Waals surface area contributed by atoms with Crippen LogP contribution in [-0.4, -0.2) is 38.1 Å².